The molecule has 0 saturated carbocycles. The number of primary amides is 2. The van der Waals surface area contributed by atoms with E-state index < -0.39 is 139 Å². The van der Waals surface area contributed by atoms with Crippen molar-refractivity contribution in [2.75, 3.05) is 0 Å². The number of aliphatic carboxylic acids is 1. The number of carbonyl (C=O) groups excluding carboxylic acids is 9. The first kappa shape index (κ1) is 52.7. The summed E-state index contributed by atoms with van der Waals surface area (Å²) < 4.78 is 0. The number of hydrogen-bond acceptors (Lipinski definition) is 13. The number of rotatable bonds is 26. The number of benzene rings is 1. The number of amides is 9. The summed E-state index contributed by atoms with van der Waals surface area (Å²) in [5.74, 6) is -9.67. The number of nitrogens with one attached hydrogen (secondary N) is 7. The summed E-state index contributed by atoms with van der Waals surface area (Å²) >= 11 is 0. The van der Waals surface area contributed by atoms with Crippen molar-refractivity contribution in [3.63, 3.8) is 0 Å². The van der Waals surface area contributed by atoms with Crippen molar-refractivity contribution in [2.24, 2.45) is 23.1 Å². The molecule has 0 fully saturated rings. The second kappa shape index (κ2) is 25.3. The minimum Gasteiger partial charge on any atom is -0.508 e. The molecule has 1 aromatic carbocycles. The van der Waals surface area contributed by atoms with Gasteiger partial charge >= 0.3 is 5.97 Å². The van der Waals surface area contributed by atoms with E-state index in [0.717, 1.165) is 0 Å². The Balaban J connectivity index is 3.24. The molecule has 9 atom stereocenters. The monoisotopic (exact) mass is 864 g/mol. The van der Waals surface area contributed by atoms with E-state index in [2.05, 4.69) is 37.2 Å². The maximum absolute atomic E-state index is 13.8. The van der Waals surface area contributed by atoms with Crippen LogP contribution in [0.1, 0.15) is 79.2 Å². The average Bonchev–Trinajstić information content (AvgIpc) is 3.16. The van der Waals surface area contributed by atoms with Gasteiger partial charge in [0.15, 0.2) is 0 Å². The van der Waals surface area contributed by atoms with Gasteiger partial charge in [-0.2, -0.15) is 0 Å². The number of carboxylic acids is 1. The summed E-state index contributed by atoms with van der Waals surface area (Å²) in [6.07, 6.45) is -3.05. The number of phenolic OH excluding ortho intramolecular Hbond substituents is 1. The van der Waals surface area contributed by atoms with E-state index >= 15 is 0 Å². The second-order valence-corrected chi connectivity index (χ2v) is 15.1. The quantitative estimate of drug-likeness (QED) is 0.0420. The Bertz CT molecular complexity index is 1740. The number of nitrogens with two attached hydrogens (primary N) is 3. The Labute approximate surface area is 352 Å². The molecule has 0 unspecified atom stereocenters. The topological polar surface area (TPSA) is 394 Å². The molecule has 1 aromatic rings. The molecule has 0 heterocycles. The van der Waals surface area contributed by atoms with Crippen molar-refractivity contribution in [3.05, 3.63) is 29.8 Å². The van der Waals surface area contributed by atoms with Gasteiger partial charge in [0.25, 0.3) is 0 Å². The second-order valence-electron chi connectivity index (χ2n) is 15.1. The number of carboxylic acid groups (broad SMARTS) is 1. The standard InChI is InChI=1S/C38H60N10O13/c1-17(2)15-27(38(60)61)48-36(58)26(16-22-7-9-23(50)10-8-22)47-35(57)25(12-14-29(40)52)46-34(56)24(11-13-28(39)51)45-33(55)20(5)43-31(53)18(3)42-32(54)19(4)44-37(59)30(41)21(6)49/h7-10,17-21,24-27,30,49-50H,11-16,41H2,1-6H3,(H2,39,51)(H2,40,52)(H,42,54)(H,43,53)(H,44,59)(H,45,55)(H,46,56)(H,47,57)(H,48,58)(H,60,61)/t18-,19-,20-,21+,24-,25-,26-,27-,30-/m0/s1. The molecule has 61 heavy (non-hydrogen) atoms. The van der Waals surface area contributed by atoms with Gasteiger partial charge in [0.1, 0.15) is 54.1 Å². The van der Waals surface area contributed by atoms with Gasteiger partial charge in [-0.25, -0.2) is 4.79 Å². The largest absolute Gasteiger partial charge is 0.508 e. The van der Waals surface area contributed by atoms with Crippen molar-refractivity contribution in [1.82, 2.24) is 37.2 Å². The number of aliphatic hydroxyl groups is 1. The lowest BCUT2D eigenvalue weighted by molar-refractivity contribution is -0.142. The average molecular weight is 865 g/mol. The molecular weight excluding hydrogens is 804 g/mol. The van der Waals surface area contributed by atoms with Crippen LogP contribution in [-0.2, 0) is 54.4 Å². The normalized spacial score (nSPS) is 15.4. The zero-order valence-electron chi connectivity index (χ0n) is 35.0. The Morgan fingerprint density at radius 2 is 0.902 bits per heavy atom. The van der Waals surface area contributed by atoms with Crippen LogP contribution in [0, 0.1) is 5.92 Å². The van der Waals surface area contributed by atoms with Crippen LogP contribution in [0.5, 0.6) is 5.75 Å². The van der Waals surface area contributed by atoms with Gasteiger partial charge in [0.2, 0.25) is 53.2 Å². The third-order valence-corrected chi connectivity index (χ3v) is 9.03. The zero-order valence-corrected chi connectivity index (χ0v) is 35.0. The molecule has 9 amide bonds. The van der Waals surface area contributed by atoms with Crippen LogP contribution >= 0.6 is 0 Å². The molecule has 0 radical (unpaired) electrons. The number of carbonyl (C=O) groups is 10. The first-order valence-corrected chi connectivity index (χ1v) is 19.5. The van der Waals surface area contributed by atoms with Crippen LogP contribution < -0.4 is 54.4 Å². The first-order chi connectivity index (χ1) is 28.3. The SMILES string of the molecule is CC(C)C[C@H](NC(=O)[C@H](Cc1ccc(O)cc1)NC(=O)[C@H](CCC(N)=O)NC(=O)[C@H](CCC(N)=O)NC(=O)[C@H](C)NC(=O)[C@H](C)NC(=O)[C@H](C)NC(=O)[C@@H](N)[C@@H](C)O)C(=O)O. The summed E-state index contributed by atoms with van der Waals surface area (Å²) in [7, 11) is 0. The Morgan fingerprint density at radius 3 is 1.30 bits per heavy atom. The lowest BCUT2D eigenvalue weighted by Gasteiger charge is -2.27. The van der Waals surface area contributed by atoms with E-state index in [0.29, 0.717) is 5.56 Å². The van der Waals surface area contributed by atoms with Crippen molar-refractivity contribution >= 4 is 59.1 Å². The van der Waals surface area contributed by atoms with Crippen LogP contribution in [0.25, 0.3) is 0 Å². The Kier molecular flexibility index (Phi) is 21.8. The van der Waals surface area contributed by atoms with E-state index in [1.165, 1.54) is 52.0 Å². The molecule has 1 rings (SSSR count). The van der Waals surface area contributed by atoms with E-state index in [1.54, 1.807) is 13.8 Å². The highest BCUT2D eigenvalue weighted by Gasteiger charge is 2.33. The molecule has 0 spiro atoms. The van der Waals surface area contributed by atoms with Crippen LogP contribution in [0.4, 0.5) is 0 Å². The fourth-order valence-corrected chi connectivity index (χ4v) is 5.40. The highest BCUT2D eigenvalue weighted by Crippen LogP contribution is 2.13. The maximum atomic E-state index is 13.8. The summed E-state index contributed by atoms with van der Waals surface area (Å²) in [5.41, 5.74) is 16.6. The van der Waals surface area contributed by atoms with Gasteiger partial charge in [0, 0.05) is 19.3 Å². The van der Waals surface area contributed by atoms with Crippen molar-refractivity contribution in [1.29, 1.82) is 0 Å². The third-order valence-electron chi connectivity index (χ3n) is 9.03. The van der Waals surface area contributed by atoms with Crippen LogP contribution in [0.3, 0.4) is 0 Å². The van der Waals surface area contributed by atoms with E-state index in [1.807, 2.05) is 0 Å². The first-order valence-electron chi connectivity index (χ1n) is 19.5. The van der Waals surface area contributed by atoms with Crippen molar-refractivity contribution in [3.8, 4) is 5.75 Å². The highest BCUT2D eigenvalue weighted by molar-refractivity contribution is 5.97. The minimum absolute atomic E-state index is 0.0525. The smallest absolute Gasteiger partial charge is 0.326 e. The number of phenols is 1. The lowest BCUT2D eigenvalue weighted by Crippen LogP contribution is -2.59. The van der Waals surface area contributed by atoms with Gasteiger partial charge in [0.05, 0.1) is 6.10 Å². The molecule has 16 N–H and O–H groups in total. The summed E-state index contributed by atoms with van der Waals surface area (Å²) in [6.45, 7) is 8.60. The fraction of sp³-hybridized carbons (Fsp3) is 0.579. The number of hydrogen-bond donors (Lipinski definition) is 13. The fourth-order valence-electron chi connectivity index (χ4n) is 5.40. The number of aromatic hydroxyl groups is 1. The van der Waals surface area contributed by atoms with Crippen LogP contribution in [0.15, 0.2) is 24.3 Å². The van der Waals surface area contributed by atoms with Crippen molar-refractivity contribution < 1.29 is 63.3 Å². The Hall–Kier alpha value is -6.36. The summed E-state index contributed by atoms with van der Waals surface area (Å²) in [4.78, 5) is 127. The Morgan fingerprint density at radius 1 is 0.541 bits per heavy atom. The number of aliphatic hydroxyl groups excluding tert-OH is 1. The molecule has 23 nitrogen and oxygen atoms in total. The van der Waals surface area contributed by atoms with E-state index in [4.69, 9.17) is 17.2 Å². The van der Waals surface area contributed by atoms with Gasteiger partial charge in [-0.15, -0.1) is 0 Å². The van der Waals surface area contributed by atoms with Gasteiger partial charge in [-0.1, -0.05) is 26.0 Å². The molecule has 0 aliphatic rings. The predicted molar refractivity (Wildman–Crippen MR) is 216 cm³/mol. The van der Waals surface area contributed by atoms with Crippen molar-refractivity contribution in [2.45, 2.75) is 135 Å². The molecule has 0 aromatic heterocycles. The maximum Gasteiger partial charge on any atom is 0.326 e. The molecule has 23 heteroatoms. The minimum atomic E-state index is -1.59. The van der Waals surface area contributed by atoms with E-state index in [9.17, 15) is 63.3 Å². The van der Waals surface area contributed by atoms with Gasteiger partial charge < -0.3 is 69.7 Å². The van der Waals surface area contributed by atoms with E-state index in [-0.39, 0.29) is 24.5 Å². The summed E-state index contributed by atoms with van der Waals surface area (Å²) in [5, 5.41) is 45.6. The van der Waals surface area contributed by atoms with Gasteiger partial charge in [-0.05, 0) is 70.6 Å². The highest BCUT2D eigenvalue weighted by atomic mass is 16.4. The van der Waals surface area contributed by atoms with Gasteiger partial charge in [-0.3, -0.25) is 43.2 Å². The third kappa shape index (κ3) is 19.5. The van der Waals surface area contributed by atoms with Crippen LogP contribution in [-0.4, -0.2) is 129 Å². The predicted octanol–water partition coefficient (Wildman–Crippen LogP) is -4.24. The molecule has 0 aliphatic carbocycles. The van der Waals surface area contributed by atoms with Crippen LogP contribution in [0.2, 0.25) is 0 Å². The molecule has 340 valence electrons. The molecule has 0 saturated heterocycles. The zero-order chi connectivity index (χ0) is 46.7. The summed E-state index contributed by atoms with van der Waals surface area (Å²) in [6, 6.07) is -5.46. The lowest BCUT2D eigenvalue weighted by atomic mass is 10.0. The molecule has 0 aliphatic heterocycles. The molecular formula is C38H60N10O13. The molecule has 0 bridgehead atoms.